The first-order valence-corrected chi connectivity index (χ1v) is 13.2. The van der Waals surface area contributed by atoms with Crippen LogP contribution < -0.4 is 0 Å². The third-order valence-electron chi connectivity index (χ3n) is 6.96. The fourth-order valence-corrected chi connectivity index (χ4v) is 6.01. The Kier molecular flexibility index (Phi) is 5.33. The van der Waals surface area contributed by atoms with Crippen molar-refractivity contribution in [3.63, 3.8) is 0 Å². The average Bonchev–Trinajstić information content (AvgIpc) is 3.70. The second-order valence-corrected chi connectivity index (χ2v) is 10.9. The third-order valence-corrected chi connectivity index (χ3v) is 7.97. The monoisotopic (exact) mass is 509 g/mol. The van der Waals surface area contributed by atoms with Crippen molar-refractivity contribution in [2.45, 2.75) is 26.3 Å². The van der Waals surface area contributed by atoms with Gasteiger partial charge in [-0.2, -0.15) is 5.10 Å². The smallest absolute Gasteiger partial charge is 0.159 e. The Hall–Kier alpha value is -3.95. The summed E-state index contributed by atoms with van der Waals surface area (Å²) in [6.07, 6.45) is 7.84. The van der Waals surface area contributed by atoms with Gasteiger partial charge in [-0.25, -0.2) is 9.37 Å². The summed E-state index contributed by atoms with van der Waals surface area (Å²) in [5.41, 5.74) is 6.11. The highest BCUT2D eigenvalue weighted by Crippen LogP contribution is 2.35. The molecule has 0 radical (unpaired) electrons. The highest BCUT2D eigenvalue weighted by atomic mass is 32.1. The Balaban J connectivity index is 1.30. The highest BCUT2D eigenvalue weighted by molar-refractivity contribution is 7.15. The Morgan fingerprint density at radius 3 is 2.76 bits per heavy atom. The molecule has 0 unspecified atom stereocenters. The predicted octanol–water partition coefficient (Wildman–Crippen LogP) is 6.34. The highest BCUT2D eigenvalue weighted by Gasteiger charge is 2.19. The van der Waals surface area contributed by atoms with E-state index in [1.165, 1.54) is 23.8 Å². The quantitative estimate of drug-likeness (QED) is 0.283. The van der Waals surface area contributed by atoms with E-state index < -0.39 is 0 Å². The molecule has 184 valence electrons. The van der Waals surface area contributed by atoms with Crippen LogP contribution in [0.5, 0.6) is 0 Å². The average molecular weight is 510 g/mol. The number of halogens is 1. The number of likely N-dealkylation sites (tertiary alicyclic amines) is 1. The molecule has 1 aliphatic heterocycles. The molecule has 0 saturated carbocycles. The predicted molar refractivity (Wildman–Crippen MR) is 145 cm³/mol. The third kappa shape index (κ3) is 4.00. The molecule has 1 fully saturated rings. The van der Waals surface area contributed by atoms with Gasteiger partial charge in [0.2, 0.25) is 0 Å². The van der Waals surface area contributed by atoms with Crippen LogP contribution >= 0.6 is 11.3 Å². The van der Waals surface area contributed by atoms with Crippen LogP contribution in [0.2, 0.25) is 0 Å². The first-order chi connectivity index (χ1) is 18.1. The summed E-state index contributed by atoms with van der Waals surface area (Å²) < 4.78 is 15.2. The number of benzene rings is 1. The van der Waals surface area contributed by atoms with Gasteiger partial charge in [-0.3, -0.25) is 20.0 Å². The fraction of sp³-hybridized carbons (Fsp3) is 0.214. The molecule has 9 heteroatoms. The number of H-pyrrole nitrogens is 2. The standard InChI is InChI=1S/C28H24FN7S/c1-16-4-5-24(37-16)27-26-22(6-7-31-27)32-28(33-26)25-20-11-19(21(29)12-23(20)34-35-25)18-10-17(13-30-14-18)15-36-8-2-3-9-36/h4-7,10-14H,2-3,8-9,15H2,1H3,(H,32,33)(H,34,35). The molecule has 0 spiro atoms. The van der Waals surface area contributed by atoms with Gasteiger partial charge >= 0.3 is 0 Å². The van der Waals surface area contributed by atoms with Crippen LogP contribution in [-0.2, 0) is 6.54 Å². The first kappa shape index (κ1) is 22.3. The Morgan fingerprint density at radius 1 is 1.03 bits per heavy atom. The molecule has 0 atom stereocenters. The van der Waals surface area contributed by atoms with Gasteiger partial charge in [-0.1, -0.05) is 0 Å². The number of hydrogen-bond acceptors (Lipinski definition) is 6. The van der Waals surface area contributed by atoms with Crippen molar-refractivity contribution >= 4 is 33.3 Å². The summed E-state index contributed by atoms with van der Waals surface area (Å²) in [5, 5.41) is 8.27. The molecule has 6 heterocycles. The van der Waals surface area contributed by atoms with Crippen LogP contribution in [0.4, 0.5) is 4.39 Å². The topological polar surface area (TPSA) is 86.4 Å². The maximum absolute atomic E-state index is 15.2. The van der Waals surface area contributed by atoms with Gasteiger partial charge in [0, 0.05) is 52.6 Å². The van der Waals surface area contributed by atoms with Crippen LogP contribution in [0.3, 0.4) is 0 Å². The van der Waals surface area contributed by atoms with Crippen molar-refractivity contribution in [2.75, 3.05) is 13.1 Å². The Morgan fingerprint density at radius 2 is 1.92 bits per heavy atom. The number of pyridine rings is 2. The summed E-state index contributed by atoms with van der Waals surface area (Å²) in [4.78, 5) is 22.0. The summed E-state index contributed by atoms with van der Waals surface area (Å²) in [7, 11) is 0. The maximum atomic E-state index is 15.2. The summed E-state index contributed by atoms with van der Waals surface area (Å²) >= 11 is 1.69. The molecular formula is C28H24FN7S. The number of hydrogen-bond donors (Lipinski definition) is 2. The number of nitrogens with one attached hydrogen (secondary N) is 2. The minimum atomic E-state index is -0.313. The molecule has 7 rings (SSSR count). The number of rotatable bonds is 5. The largest absolute Gasteiger partial charge is 0.336 e. The number of nitrogens with zero attached hydrogens (tertiary/aromatic N) is 5. The van der Waals surface area contributed by atoms with Crippen molar-refractivity contribution in [1.82, 2.24) is 35.0 Å². The summed E-state index contributed by atoms with van der Waals surface area (Å²) in [6, 6.07) is 11.4. The van der Waals surface area contributed by atoms with Crippen molar-refractivity contribution in [2.24, 2.45) is 0 Å². The molecule has 2 N–H and O–H groups in total. The second kappa shape index (κ2) is 8.86. The lowest BCUT2D eigenvalue weighted by Gasteiger charge is -2.15. The molecule has 6 aromatic rings. The molecule has 0 aliphatic carbocycles. The minimum Gasteiger partial charge on any atom is -0.336 e. The number of aromatic nitrogens is 6. The lowest BCUT2D eigenvalue weighted by Crippen LogP contribution is -2.18. The normalized spacial score (nSPS) is 14.3. The van der Waals surface area contributed by atoms with Gasteiger partial charge < -0.3 is 4.98 Å². The minimum absolute atomic E-state index is 0.313. The van der Waals surface area contributed by atoms with E-state index in [0.717, 1.165) is 57.8 Å². The molecule has 1 saturated heterocycles. The second-order valence-electron chi connectivity index (χ2n) is 9.57. The zero-order valence-electron chi connectivity index (χ0n) is 20.3. The van der Waals surface area contributed by atoms with E-state index in [1.807, 2.05) is 24.4 Å². The van der Waals surface area contributed by atoms with E-state index in [9.17, 15) is 0 Å². The van der Waals surface area contributed by atoms with Crippen LogP contribution in [0.15, 0.2) is 55.0 Å². The molecule has 1 aliphatic rings. The lowest BCUT2D eigenvalue weighted by molar-refractivity contribution is 0.331. The number of fused-ring (bicyclic) bond motifs is 2. The van der Waals surface area contributed by atoms with Gasteiger partial charge in [0.25, 0.3) is 0 Å². The van der Waals surface area contributed by atoms with E-state index in [1.54, 1.807) is 23.7 Å². The Labute approximate surface area is 216 Å². The number of thiophene rings is 1. The van der Waals surface area contributed by atoms with Gasteiger partial charge in [0.15, 0.2) is 5.82 Å². The molecule has 1 aromatic carbocycles. The van der Waals surface area contributed by atoms with E-state index in [4.69, 9.17) is 4.98 Å². The molecule has 0 amide bonds. The zero-order chi connectivity index (χ0) is 24.9. The molecule has 37 heavy (non-hydrogen) atoms. The number of aryl methyl sites for hydroxylation is 1. The van der Waals surface area contributed by atoms with Crippen molar-refractivity contribution < 1.29 is 4.39 Å². The van der Waals surface area contributed by atoms with E-state index in [2.05, 4.69) is 49.1 Å². The van der Waals surface area contributed by atoms with Crippen LogP contribution in [0.25, 0.3) is 55.2 Å². The van der Waals surface area contributed by atoms with Crippen molar-refractivity contribution in [3.05, 3.63) is 71.2 Å². The van der Waals surface area contributed by atoms with Gasteiger partial charge in [-0.05, 0) is 68.8 Å². The summed E-state index contributed by atoms with van der Waals surface area (Å²) in [5.74, 6) is 0.300. The molecule has 7 nitrogen and oxygen atoms in total. The van der Waals surface area contributed by atoms with Crippen molar-refractivity contribution in [1.29, 1.82) is 0 Å². The van der Waals surface area contributed by atoms with Gasteiger partial charge in [0.05, 0.1) is 15.9 Å². The van der Waals surface area contributed by atoms with Crippen LogP contribution in [0.1, 0.15) is 23.3 Å². The number of aromatic amines is 2. The van der Waals surface area contributed by atoms with Gasteiger partial charge in [-0.15, -0.1) is 11.3 Å². The van der Waals surface area contributed by atoms with E-state index in [-0.39, 0.29) is 5.82 Å². The Bertz CT molecular complexity index is 1760. The van der Waals surface area contributed by atoms with Gasteiger partial charge in [0.1, 0.15) is 22.7 Å². The molecular weight excluding hydrogens is 485 g/mol. The van der Waals surface area contributed by atoms with Crippen LogP contribution in [-0.4, -0.2) is 48.1 Å². The SMILES string of the molecule is Cc1ccc(-c2nccc3[nH]c(-c4n[nH]c5cc(F)c(-c6cncc(CN7CCCC7)c6)cc45)nc23)s1. The number of imidazole rings is 1. The molecule has 5 aromatic heterocycles. The van der Waals surface area contributed by atoms with E-state index in [0.29, 0.717) is 22.6 Å². The van der Waals surface area contributed by atoms with E-state index >= 15 is 4.39 Å². The van der Waals surface area contributed by atoms with Crippen LogP contribution in [0, 0.1) is 12.7 Å². The lowest BCUT2D eigenvalue weighted by atomic mass is 10.0. The van der Waals surface area contributed by atoms with Crippen molar-refractivity contribution in [3.8, 4) is 33.2 Å². The maximum Gasteiger partial charge on any atom is 0.159 e. The zero-order valence-corrected chi connectivity index (χ0v) is 21.1. The molecule has 0 bridgehead atoms. The summed E-state index contributed by atoms with van der Waals surface area (Å²) in [6.45, 7) is 5.11. The first-order valence-electron chi connectivity index (χ1n) is 12.4. The fourth-order valence-electron chi connectivity index (χ4n) is 5.15.